The van der Waals surface area contributed by atoms with Crippen molar-refractivity contribution in [2.75, 3.05) is 7.11 Å². The summed E-state index contributed by atoms with van der Waals surface area (Å²) in [6, 6.07) is 7.63. The lowest BCUT2D eigenvalue weighted by molar-refractivity contribution is -0.140. The van der Waals surface area contributed by atoms with Crippen molar-refractivity contribution in [2.45, 2.75) is 23.2 Å². The summed E-state index contributed by atoms with van der Waals surface area (Å²) in [6.07, 6.45) is -4.53. The minimum absolute atomic E-state index is 0.0248. The molecular weight excluding hydrogens is 409 g/mol. The third-order valence-corrected chi connectivity index (χ3v) is 5.99. The summed E-state index contributed by atoms with van der Waals surface area (Å²) >= 11 is 5.81. The largest absolute Gasteiger partial charge is 0.468 e. The molecule has 5 nitrogen and oxygen atoms in total. The van der Waals surface area contributed by atoms with Crippen LogP contribution in [0.25, 0.3) is 0 Å². The van der Waals surface area contributed by atoms with Gasteiger partial charge in [-0.25, -0.2) is 8.42 Å². The monoisotopic (exact) mass is 422 g/mol. The van der Waals surface area contributed by atoms with Gasteiger partial charge in [-0.2, -0.15) is 13.2 Å². The van der Waals surface area contributed by atoms with E-state index in [4.69, 9.17) is 16.3 Å². The number of methoxy groups -OCH3 is 1. The Kier molecular flexibility index (Phi) is 6.06. The number of benzene rings is 2. The Morgan fingerprint density at radius 3 is 2.19 bits per heavy atom. The number of rotatable bonds is 5. The predicted octanol–water partition coefficient (Wildman–Crippen LogP) is 4.49. The maximum absolute atomic E-state index is 12.6. The quantitative estimate of drug-likeness (QED) is 0.664. The standard InChI is InChI=1S/C17H14ClF3O5S/c1-10(16(22)25-2)27(23,24)13-6-4-12(5-7-13)26-15-8-3-11(9-14(15)18)17(19,20)21/h3-10H,1-2H3. The molecule has 0 aliphatic rings. The number of ether oxygens (including phenoxy) is 2. The fraction of sp³-hybridized carbons (Fsp3) is 0.235. The molecule has 0 bridgehead atoms. The van der Waals surface area contributed by atoms with Gasteiger partial charge in [0.1, 0.15) is 11.5 Å². The normalized spacial score (nSPS) is 13.1. The molecule has 0 fully saturated rings. The van der Waals surface area contributed by atoms with E-state index < -0.39 is 32.8 Å². The minimum Gasteiger partial charge on any atom is -0.468 e. The second kappa shape index (κ2) is 7.77. The molecule has 27 heavy (non-hydrogen) atoms. The second-order valence-electron chi connectivity index (χ2n) is 5.43. The molecular formula is C17H14ClF3O5S. The lowest BCUT2D eigenvalue weighted by Crippen LogP contribution is -2.28. The summed E-state index contributed by atoms with van der Waals surface area (Å²) in [5.41, 5.74) is -0.918. The molecule has 10 heteroatoms. The molecule has 0 aliphatic carbocycles. The van der Waals surface area contributed by atoms with Gasteiger partial charge in [-0.3, -0.25) is 4.79 Å². The van der Waals surface area contributed by atoms with Gasteiger partial charge in [-0.1, -0.05) is 11.6 Å². The zero-order chi connectivity index (χ0) is 20.4. The summed E-state index contributed by atoms with van der Waals surface area (Å²) < 4.78 is 72.4. The number of halogens is 4. The van der Waals surface area contributed by atoms with E-state index in [0.29, 0.717) is 0 Å². The van der Waals surface area contributed by atoms with E-state index >= 15 is 0 Å². The molecule has 146 valence electrons. The Morgan fingerprint density at radius 1 is 1.11 bits per heavy atom. The van der Waals surface area contributed by atoms with Crippen LogP contribution in [0.15, 0.2) is 47.4 Å². The highest BCUT2D eigenvalue weighted by Crippen LogP contribution is 2.36. The molecule has 0 aliphatic heterocycles. The van der Waals surface area contributed by atoms with Crippen molar-refractivity contribution in [2.24, 2.45) is 0 Å². The van der Waals surface area contributed by atoms with Gasteiger partial charge in [0.2, 0.25) is 0 Å². The van der Waals surface area contributed by atoms with Crippen LogP contribution in [0.2, 0.25) is 5.02 Å². The molecule has 0 spiro atoms. The smallest absolute Gasteiger partial charge is 0.416 e. The van der Waals surface area contributed by atoms with Gasteiger partial charge in [0.25, 0.3) is 0 Å². The molecule has 2 rings (SSSR count). The van der Waals surface area contributed by atoms with E-state index in [0.717, 1.165) is 25.3 Å². The number of carbonyl (C=O) groups excluding carboxylic acids is 1. The van der Waals surface area contributed by atoms with Crippen LogP contribution in [0.4, 0.5) is 13.2 Å². The third kappa shape index (κ3) is 4.72. The molecule has 1 atom stereocenters. The average molecular weight is 423 g/mol. The van der Waals surface area contributed by atoms with Crippen LogP contribution in [0.1, 0.15) is 12.5 Å². The fourth-order valence-corrected chi connectivity index (χ4v) is 3.57. The van der Waals surface area contributed by atoms with Crippen molar-refractivity contribution >= 4 is 27.4 Å². The van der Waals surface area contributed by atoms with Crippen LogP contribution in [-0.4, -0.2) is 26.7 Å². The van der Waals surface area contributed by atoms with Gasteiger partial charge in [0.15, 0.2) is 15.1 Å². The Hall–Kier alpha value is -2.26. The Balaban J connectivity index is 2.23. The third-order valence-electron chi connectivity index (χ3n) is 3.64. The number of hydrogen-bond acceptors (Lipinski definition) is 5. The first-order valence-electron chi connectivity index (χ1n) is 7.43. The van der Waals surface area contributed by atoms with Crippen LogP contribution in [0.3, 0.4) is 0 Å². The molecule has 0 radical (unpaired) electrons. The zero-order valence-electron chi connectivity index (χ0n) is 14.1. The van der Waals surface area contributed by atoms with Gasteiger partial charge in [-0.05, 0) is 49.4 Å². The highest BCUT2D eigenvalue weighted by atomic mass is 35.5. The van der Waals surface area contributed by atoms with Crippen molar-refractivity contribution in [3.05, 3.63) is 53.1 Å². The first-order chi connectivity index (χ1) is 12.5. The number of alkyl halides is 3. The van der Waals surface area contributed by atoms with E-state index in [1.165, 1.54) is 31.2 Å². The van der Waals surface area contributed by atoms with Gasteiger partial charge in [0.05, 0.1) is 22.6 Å². The highest BCUT2D eigenvalue weighted by Gasteiger charge is 2.32. The lowest BCUT2D eigenvalue weighted by Gasteiger charge is -2.13. The van der Waals surface area contributed by atoms with Gasteiger partial charge < -0.3 is 9.47 Å². The topological polar surface area (TPSA) is 69.7 Å². The molecule has 2 aromatic carbocycles. The maximum atomic E-state index is 12.6. The molecule has 0 amide bonds. The molecule has 0 saturated heterocycles. The Labute approximate surface area is 158 Å². The maximum Gasteiger partial charge on any atom is 0.416 e. The van der Waals surface area contributed by atoms with Crippen LogP contribution in [0, 0.1) is 0 Å². The van der Waals surface area contributed by atoms with Crippen LogP contribution in [-0.2, 0) is 25.5 Å². The lowest BCUT2D eigenvalue weighted by atomic mass is 10.2. The number of hydrogen-bond donors (Lipinski definition) is 0. The van der Waals surface area contributed by atoms with Crippen molar-refractivity contribution < 1.29 is 35.9 Å². The van der Waals surface area contributed by atoms with Crippen LogP contribution >= 0.6 is 11.6 Å². The number of sulfone groups is 1. The van der Waals surface area contributed by atoms with Crippen molar-refractivity contribution in [1.29, 1.82) is 0 Å². The average Bonchev–Trinajstić information content (AvgIpc) is 2.61. The minimum atomic E-state index is -4.53. The zero-order valence-corrected chi connectivity index (χ0v) is 15.7. The highest BCUT2D eigenvalue weighted by molar-refractivity contribution is 7.92. The molecule has 1 unspecified atom stereocenters. The van der Waals surface area contributed by atoms with E-state index in [9.17, 15) is 26.4 Å². The van der Waals surface area contributed by atoms with Crippen molar-refractivity contribution in [3.63, 3.8) is 0 Å². The van der Waals surface area contributed by atoms with Crippen molar-refractivity contribution in [3.8, 4) is 11.5 Å². The summed E-state index contributed by atoms with van der Waals surface area (Å²) in [5, 5.41) is -1.64. The van der Waals surface area contributed by atoms with Gasteiger partial charge in [-0.15, -0.1) is 0 Å². The molecule has 2 aromatic rings. The first-order valence-corrected chi connectivity index (χ1v) is 9.35. The summed E-state index contributed by atoms with van der Waals surface area (Å²) in [6.45, 7) is 1.20. The fourth-order valence-electron chi connectivity index (χ4n) is 2.08. The molecule has 0 aromatic heterocycles. The Morgan fingerprint density at radius 2 is 1.70 bits per heavy atom. The van der Waals surface area contributed by atoms with Crippen LogP contribution < -0.4 is 4.74 Å². The number of carbonyl (C=O) groups is 1. The van der Waals surface area contributed by atoms with E-state index in [1.54, 1.807) is 0 Å². The van der Waals surface area contributed by atoms with Gasteiger partial charge in [0, 0.05) is 0 Å². The first kappa shape index (κ1) is 21.0. The van der Waals surface area contributed by atoms with Crippen molar-refractivity contribution in [1.82, 2.24) is 0 Å². The van der Waals surface area contributed by atoms with E-state index in [2.05, 4.69) is 4.74 Å². The van der Waals surface area contributed by atoms with Crippen LogP contribution in [0.5, 0.6) is 11.5 Å². The summed E-state index contributed by atoms with van der Waals surface area (Å²) in [5.74, 6) is -0.767. The second-order valence-corrected chi connectivity index (χ2v) is 8.10. The molecule has 0 N–H and O–H groups in total. The summed E-state index contributed by atoms with van der Waals surface area (Å²) in [4.78, 5) is 11.3. The SMILES string of the molecule is COC(=O)C(C)S(=O)(=O)c1ccc(Oc2ccc(C(F)(F)F)cc2Cl)cc1. The molecule has 0 heterocycles. The summed E-state index contributed by atoms with van der Waals surface area (Å²) in [7, 11) is -2.87. The molecule has 0 saturated carbocycles. The van der Waals surface area contributed by atoms with E-state index in [-0.39, 0.29) is 21.4 Å². The van der Waals surface area contributed by atoms with E-state index in [1.807, 2.05) is 0 Å². The predicted molar refractivity (Wildman–Crippen MR) is 91.6 cm³/mol. The Bertz CT molecular complexity index is 940. The van der Waals surface area contributed by atoms with Gasteiger partial charge >= 0.3 is 12.1 Å². The number of esters is 1.